The molecule has 0 spiro atoms. The summed E-state index contributed by atoms with van der Waals surface area (Å²) in [5, 5.41) is 11.2. The SMILES string of the molecule is Cc1ccc(NC(=O)c2cnn(-c3cccc(Cl)c3)c2C)cc1Nc1nccc(-c2cccnc2)n1. The van der Waals surface area contributed by atoms with E-state index < -0.39 is 0 Å². The minimum absolute atomic E-state index is 0.259. The number of pyridine rings is 1. The lowest BCUT2D eigenvalue weighted by atomic mass is 10.1. The molecule has 0 atom stereocenters. The number of aromatic nitrogens is 5. The summed E-state index contributed by atoms with van der Waals surface area (Å²) in [5.41, 5.74) is 6.01. The summed E-state index contributed by atoms with van der Waals surface area (Å²) >= 11 is 6.11. The fourth-order valence-corrected chi connectivity index (χ4v) is 3.93. The molecule has 36 heavy (non-hydrogen) atoms. The first kappa shape index (κ1) is 23.2. The average Bonchev–Trinajstić information content (AvgIpc) is 3.28. The van der Waals surface area contributed by atoms with Gasteiger partial charge in [0.1, 0.15) is 0 Å². The molecule has 0 fully saturated rings. The van der Waals surface area contributed by atoms with Crippen molar-refractivity contribution in [1.82, 2.24) is 24.7 Å². The molecule has 0 radical (unpaired) electrons. The molecule has 0 bridgehead atoms. The lowest BCUT2D eigenvalue weighted by Gasteiger charge is -2.12. The molecule has 2 N–H and O–H groups in total. The molecular formula is C27H22ClN7O. The van der Waals surface area contributed by atoms with Crippen molar-refractivity contribution in [2.24, 2.45) is 0 Å². The minimum Gasteiger partial charge on any atom is -0.324 e. The van der Waals surface area contributed by atoms with Gasteiger partial charge in [-0.25, -0.2) is 14.6 Å². The van der Waals surface area contributed by atoms with Crippen molar-refractivity contribution in [1.29, 1.82) is 0 Å². The Kier molecular flexibility index (Phi) is 6.42. The van der Waals surface area contributed by atoms with Gasteiger partial charge in [0.25, 0.3) is 5.91 Å². The van der Waals surface area contributed by atoms with E-state index in [0.717, 1.165) is 28.2 Å². The number of aryl methyl sites for hydroxylation is 1. The summed E-state index contributed by atoms with van der Waals surface area (Å²) < 4.78 is 1.69. The maximum absolute atomic E-state index is 13.1. The number of nitrogens with one attached hydrogen (secondary N) is 2. The molecule has 9 heteroatoms. The Labute approximate surface area is 213 Å². The van der Waals surface area contributed by atoms with Crippen LogP contribution < -0.4 is 10.6 Å². The molecular weight excluding hydrogens is 474 g/mol. The zero-order chi connectivity index (χ0) is 25.1. The van der Waals surface area contributed by atoms with Crippen LogP contribution in [0.2, 0.25) is 5.02 Å². The summed E-state index contributed by atoms with van der Waals surface area (Å²) in [5.74, 6) is 0.187. The Morgan fingerprint density at radius 1 is 0.972 bits per heavy atom. The van der Waals surface area contributed by atoms with E-state index in [0.29, 0.717) is 27.9 Å². The maximum atomic E-state index is 13.1. The van der Waals surface area contributed by atoms with E-state index in [-0.39, 0.29) is 5.91 Å². The standard InChI is InChI=1S/C27H22ClN7O/c1-17-8-9-21(14-25(17)34-27-30-12-10-24(33-27)19-5-4-11-29-15-19)32-26(36)23-16-31-35(18(23)2)22-7-3-6-20(28)13-22/h3-16H,1-2H3,(H,32,36)(H,30,33,34). The maximum Gasteiger partial charge on any atom is 0.259 e. The van der Waals surface area contributed by atoms with Crippen LogP contribution in [0.15, 0.2) is 85.5 Å². The highest BCUT2D eigenvalue weighted by Crippen LogP contribution is 2.25. The van der Waals surface area contributed by atoms with Crippen LogP contribution in [0.5, 0.6) is 0 Å². The van der Waals surface area contributed by atoms with Crippen LogP contribution >= 0.6 is 11.6 Å². The van der Waals surface area contributed by atoms with Crippen molar-refractivity contribution in [3.05, 3.63) is 107 Å². The summed E-state index contributed by atoms with van der Waals surface area (Å²) in [7, 11) is 0. The highest BCUT2D eigenvalue weighted by Gasteiger charge is 2.16. The number of halogens is 1. The molecule has 8 nitrogen and oxygen atoms in total. The van der Waals surface area contributed by atoms with Gasteiger partial charge in [-0.05, 0) is 67.9 Å². The smallest absolute Gasteiger partial charge is 0.259 e. The van der Waals surface area contributed by atoms with Gasteiger partial charge < -0.3 is 10.6 Å². The molecule has 3 aromatic heterocycles. The van der Waals surface area contributed by atoms with Crippen LogP contribution in [0.4, 0.5) is 17.3 Å². The molecule has 5 rings (SSSR count). The van der Waals surface area contributed by atoms with Crippen molar-refractivity contribution >= 4 is 34.8 Å². The second-order valence-electron chi connectivity index (χ2n) is 8.15. The quantitative estimate of drug-likeness (QED) is 0.300. The Morgan fingerprint density at radius 3 is 2.67 bits per heavy atom. The van der Waals surface area contributed by atoms with E-state index in [4.69, 9.17) is 11.6 Å². The Balaban J connectivity index is 1.35. The highest BCUT2D eigenvalue weighted by atomic mass is 35.5. The zero-order valence-electron chi connectivity index (χ0n) is 19.6. The number of hydrogen-bond acceptors (Lipinski definition) is 6. The van der Waals surface area contributed by atoms with E-state index in [1.807, 2.05) is 62.4 Å². The third-order valence-electron chi connectivity index (χ3n) is 5.66. The van der Waals surface area contributed by atoms with E-state index in [1.165, 1.54) is 0 Å². The van der Waals surface area contributed by atoms with Gasteiger partial charge in [0.15, 0.2) is 0 Å². The van der Waals surface area contributed by atoms with Gasteiger partial charge in [-0.3, -0.25) is 9.78 Å². The Hall–Kier alpha value is -4.56. The molecule has 1 amide bonds. The first-order valence-corrected chi connectivity index (χ1v) is 11.6. The van der Waals surface area contributed by atoms with Crippen LogP contribution in [0, 0.1) is 13.8 Å². The van der Waals surface area contributed by atoms with Gasteiger partial charge in [0, 0.05) is 40.6 Å². The van der Waals surface area contributed by atoms with Gasteiger partial charge in [-0.15, -0.1) is 0 Å². The predicted molar refractivity (Wildman–Crippen MR) is 141 cm³/mol. The molecule has 178 valence electrons. The monoisotopic (exact) mass is 495 g/mol. The van der Waals surface area contributed by atoms with Crippen molar-refractivity contribution in [3.8, 4) is 16.9 Å². The number of rotatable bonds is 6. The number of anilines is 3. The largest absolute Gasteiger partial charge is 0.324 e. The molecule has 0 unspecified atom stereocenters. The lowest BCUT2D eigenvalue weighted by Crippen LogP contribution is -2.13. The summed E-state index contributed by atoms with van der Waals surface area (Å²) in [6.07, 6.45) is 6.72. The van der Waals surface area contributed by atoms with Crippen molar-refractivity contribution in [2.45, 2.75) is 13.8 Å². The van der Waals surface area contributed by atoms with Crippen LogP contribution in [-0.4, -0.2) is 30.6 Å². The fourth-order valence-electron chi connectivity index (χ4n) is 3.75. The number of amides is 1. The van der Waals surface area contributed by atoms with Gasteiger partial charge in [-0.2, -0.15) is 5.10 Å². The predicted octanol–water partition coefficient (Wildman–Crippen LogP) is 5.99. The second-order valence-corrected chi connectivity index (χ2v) is 8.59. The summed E-state index contributed by atoms with van der Waals surface area (Å²) in [6.45, 7) is 3.82. The van der Waals surface area contributed by atoms with E-state index in [1.54, 1.807) is 41.6 Å². The van der Waals surface area contributed by atoms with Gasteiger partial charge >= 0.3 is 0 Å². The topological polar surface area (TPSA) is 97.6 Å². The molecule has 0 saturated carbocycles. The number of carbonyl (C=O) groups excluding carboxylic acids is 1. The van der Waals surface area contributed by atoms with Crippen molar-refractivity contribution < 1.29 is 4.79 Å². The van der Waals surface area contributed by atoms with Gasteiger partial charge in [0.2, 0.25) is 5.95 Å². The first-order valence-electron chi connectivity index (χ1n) is 11.2. The number of hydrogen-bond donors (Lipinski definition) is 2. The van der Waals surface area contributed by atoms with Crippen LogP contribution in [-0.2, 0) is 0 Å². The molecule has 0 aliphatic heterocycles. The van der Waals surface area contributed by atoms with E-state index >= 15 is 0 Å². The van der Waals surface area contributed by atoms with E-state index in [9.17, 15) is 4.79 Å². The Bertz CT molecular complexity index is 1550. The first-order chi connectivity index (χ1) is 17.5. The van der Waals surface area contributed by atoms with Crippen LogP contribution in [0.1, 0.15) is 21.6 Å². The average molecular weight is 496 g/mol. The van der Waals surface area contributed by atoms with E-state index in [2.05, 4.69) is 30.7 Å². The third-order valence-corrected chi connectivity index (χ3v) is 5.90. The van der Waals surface area contributed by atoms with Crippen molar-refractivity contribution in [2.75, 3.05) is 10.6 Å². The van der Waals surface area contributed by atoms with Crippen LogP contribution in [0.25, 0.3) is 16.9 Å². The molecule has 5 aromatic rings. The number of carbonyl (C=O) groups is 1. The lowest BCUT2D eigenvalue weighted by molar-refractivity contribution is 0.102. The zero-order valence-corrected chi connectivity index (χ0v) is 20.4. The summed E-state index contributed by atoms with van der Waals surface area (Å²) in [6, 6.07) is 18.6. The van der Waals surface area contributed by atoms with Gasteiger partial charge in [0.05, 0.1) is 28.8 Å². The minimum atomic E-state index is -0.259. The normalized spacial score (nSPS) is 10.8. The highest BCUT2D eigenvalue weighted by molar-refractivity contribution is 6.30. The number of nitrogens with zero attached hydrogens (tertiary/aromatic N) is 5. The van der Waals surface area contributed by atoms with Crippen LogP contribution in [0.3, 0.4) is 0 Å². The fraction of sp³-hybridized carbons (Fsp3) is 0.0741. The second kappa shape index (κ2) is 9.97. The third kappa shape index (κ3) is 4.94. The molecule has 0 aliphatic rings. The Morgan fingerprint density at radius 2 is 1.86 bits per heavy atom. The molecule has 0 aliphatic carbocycles. The summed E-state index contributed by atoms with van der Waals surface area (Å²) in [4.78, 5) is 26.1. The number of benzene rings is 2. The van der Waals surface area contributed by atoms with Crippen molar-refractivity contribution in [3.63, 3.8) is 0 Å². The van der Waals surface area contributed by atoms with Gasteiger partial charge in [-0.1, -0.05) is 23.7 Å². The molecule has 3 heterocycles. The molecule has 0 saturated heterocycles. The molecule has 2 aromatic carbocycles.